The molecule has 2 N–H and O–H groups in total. The minimum atomic E-state index is -1.06. The molecule has 1 heterocycles. The molecule has 26 heavy (non-hydrogen) atoms. The normalized spacial score (nSPS) is 13.3. The van der Waals surface area contributed by atoms with Crippen LogP contribution in [0.3, 0.4) is 0 Å². The first-order valence-electron chi connectivity index (χ1n) is 8.39. The van der Waals surface area contributed by atoms with E-state index >= 15 is 0 Å². The van der Waals surface area contributed by atoms with Crippen molar-refractivity contribution in [3.05, 3.63) is 23.8 Å². The van der Waals surface area contributed by atoms with Gasteiger partial charge in [-0.05, 0) is 51.0 Å². The molecule has 1 aromatic rings. The number of phenols is 1. The van der Waals surface area contributed by atoms with Gasteiger partial charge in [0, 0.05) is 18.8 Å². The summed E-state index contributed by atoms with van der Waals surface area (Å²) in [7, 11) is 0. The fourth-order valence-electron chi connectivity index (χ4n) is 2.69. The number of hydrogen-bond acceptors (Lipinski definition) is 5. The highest BCUT2D eigenvalue weighted by molar-refractivity contribution is 5.98. The van der Waals surface area contributed by atoms with Crippen molar-refractivity contribution in [2.45, 2.75) is 39.2 Å². The van der Waals surface area contributed by atoms with Gasteiger partial charge in [-0.2, -0.15) is 0 Å². The Kier molecular flexibility index (Phi) is 5.74. The summed E-state index contributed by atoms with van der Waals surface area (Å²) in [6, 6.07) is 4.77. The zero-order valence-electron chi connectivity index (χ0n) is 15.2. The molecule has 0 aliphatic carbocycles. The first-order valence-corrected chi connectivity index (χ1v) is 8.39. The molecule has 0 bridgehead atoms. The van der Waals surface area contributed by atoms with Crippen LogP contribution in [-0.2, 0) is 20.7 Å². The van der Waals surface area contributed by atoms with E-state index in [1.165, 1.54) is 11.0 Å². The topological polar surface area (TPSA) is 107 Å². The Hall–Kier alpha value is -2.77. The van der Waals surface area contributed by atoms with Crippen LogP contribution in [0.15, 0.2) is 18.2 Å². The maximum atomic E-state index is 12.7. The SMILES string of the molecule is CC(C)(C)OC(=O)N(CCC(=O)O)CC(=O)N1CCc2cc(O)ccc21. The Bertz CT molecular complexity index is 710. The summed E-state index contributed by atoms with van der Waals surface area (Å²) in [5, 5.41) is 18.4. The number of carbonyl (C=O) groups is 3. The van der Waals surface area contributed by atoms with Crippen molar-refractivity contribution in [1.29, 1.82) is 0 Å². The van der Waals surface area contributed by atoms with E-state index in [1.54, 1.807) is 32.9 Å². The minimum absolute atomic E-state index is 0.119. The number of carboxylic acid groups (broad SMARTS) is 1. The summed E-state index contributed by atoms with van der Waals surface area (Å²) in [4.78, 5) is 38.5. The van der Waals surface area contributed by atoms with Crippen molar-refractivity contribution in [2.24, 2.45) is 0 Å². The second-order valence-corrected chi connectivity index (χ2v) is 7.15. The van der Waals surface area contributed by atoms with Crippen LogP contribution in [0.4, 0.5) is 10.5 Å². The molecule has 0 aromatic heterocycles. The Morgan fingerprint density at radius 1 is 1.27 bits per heavy atom. The van der Waals surface area contributed by atoms with E-state index in [9.17, 15) is 19.5 Å². The van der Waals surface area contributed by atoms with Crippen molar-refractivity contribution >= 4 is 23.7 Å². The number of hydrogen-bond donors (Lipinski definition) is 2. The summed E-state index contributed by atoms with van der Waals surface area (Å²) in [5.74, 6) is -1.26. The van der Waals surface area contributed by atoms with Crippen LogP contribution in [0.25, 0.3) is 0 Å². The second-order valence-electron chi connectivity index (χ2n) is 7.15. The molecule has 0 spiro atoms. The molecule has 142 valence electrons. The van der Waals surface area contributed by atoms with Crippen LogP contribution in [0.5, 0.6) is 5.75 Å². The summed E-state index contributed by atoms with van der Waals surface area (Å²) < 4.78 is 5.27. The van der Waals surface area contributed by atoms with Gasteiger partial charge in [-0.1, -0.05) is 0 Å². The van der Waals surface area contributed by atoms with Crippen molar-refractivity contribution in [1.82, 2.24) is 4.90 Å². The van der Waals surface area contributed by atoms with E-state index in [0.717, 1.165) is 10.5 Å². The molecule has 0 radical (unpaired) electrons. The average molecular weight is 364 g/mol. The first kappa shape index (κ1) is 19.6. The Morgan fingerprint density at radius 2 is 1.96 bits per heavy atom. The lowest BCUT2D eigenvalue weighted by atomic mass is 10.1. The lowest BCUT2D eigenvalue weighted by Gasteiger charge is -2.28. The highest BCUT2D eigenvalue weighted by atomic mass is 16.6. The van der Waals surface area contributed by atoms with Gasteiger partial charge in [-0.3, -0.25) is 14.5 Å². The first-order chi connectivity index (χ1) is 12.1. The molecule has 8 heteroatoms. The third kappa shape index (κ3) is 5.11. The Balaban J connectivity index is 2.11. The van der Waals surface area contributed by atoms with Gasteiger partial charge in [0.1, 0.15) is 17.9 Å². The largest absolute Gasteiger partial charge is 0.508 e. The van der Waals surface area contributed by atoms with Crippen LogP contribution in [-0.4, -0.2) is 58.3 Å². The van der Waals surface area contributed by atoms with Gasteiger partial charge in [0.2, 0.25) is 5.91 Å². The fourth-order valence-corrected chi connectivity index (χ4v) is 2.69. The van der Waals surface area contributed by atoms with Gasteiger partial charge >= 0.3 is 12.1 Å². The third-order valence-electron chi connectivity index (χ3n) is 3.83. The van der Waals surface area contributed by atoms with E-state index in [4.69, 9.17) is 9.84 Å². The quantitative estimate of drug-likeness (QED) is 0.827. The van der Waals surface area contributed by atoms with Gasteiger partial charge in [0.05, 0.1) is 6.42 Å². The van der Waals surface area contributed by atoms with Gasteiger partial charge in [0.15, 0.2) is 0 Å². The number of rotatable bonds is 5. The number of benzene rings is 1. The Labute approximate surface area is 152 Å². The standard InChI is InChI=1S/C18H24N2O6/c1-18(2,3)26-17(25)19(8-7-16(23)24)11-15(22)20-9-6-12-10-13(21)4-5-14(12)20/h4-5,10,21H,6-9,11H2,1-3H3,(H,23,24). The van der Waals surface area contributed by atoms with Crippen LogP contribution in [0.2, 0.25) is 0 Å². The minimum Gasteiger partial charge on any atom is -0.508 e. The second kappa shape index (κ2) is 7.63. The maximum Gasteiger partial charge on any atom is 0.410 e. The molecule has 0 fully saturated rings. The molecule has 1 aromatic carbocycles. The van der Waals surface area contributed by atoms with E-state index in [-0.39, 0.29) is 31.2 Å². The number of phenolic OH excluding ortho intramolecular Hbond substituents is 1. The third-order valence-corrected chi connectivity index (χ3v) is 3.83. The molecule has 0 saturated carbocycles. The molecule has 2 rings (SSSR count). The number of nitrogens with zero attached hydrogens (tertiary/aromatic N) is 2. The van der Waals surface area contributed by atoms with Gasteiger partial charge in [-0.25, -0.2) is 4.79 Å². The molecule has 0 atom stereocenters. The van der Waals surface area contributed by atoms with Crippen LogP contribution in [0.1, 0.15) is 32.8 Å². The predicted molar refractivity (Wildman–Crippen MR) is 94.2 cm³/mol. The number of carboxylic acids is 1. The monoisotopic (exact) mass is 364 g/mol. The number of anilines is 1. The number of carbonyl (C=O) groups excluding carboxylic acids is 2. The summed E-state index contributed by atoms with van der Waals surface area (Å²) in [6.07, 6.45) is -0.397. The molecule has 8 nitrogen and oxygen atoms in total. The lowest BCUT2D eigenvalue weighted by Crippen LogP contribution is -2.45. The van der Waals surface area contributed by atoms with Crippen molar-refractivity contribution in [2.75, 3.05) is 24.5 Å². The van der Waals surface area contributed by atoms with Crippen LogP contribution in [0, 0.1) is 0 Å². The van der Waals surface area contributed by atoms with Crippen LogP contribution >= 0.6 is 0 Å². The van der Waals surface area contributed by atoms with Gasteiger partial charge in [0.25, 0.3) is 0 Å². The fraction of sp³-hybridized carbons (Fsp3) is 0.500. The Morgan fingerprint density at radius 3 is 2.58 bits per heavy atom. The highest BCUT2D eigenvalue weighted by Gasteiger charge is 2.29. The average Bonchev–Trinajstić information content (AvgIpc) is 2.92. The van der Waals surface area contributed by atoms with E-state index in [0.29, 0.717) is 18.7 Å². The van der Waals surface area contributed by atoms with E-state index in [1.807, 2.05) is 0 Å². The summed E-state index contributed by atoms with van der Waals surface area (Å²) in [6.45, 7) is 5.15. The summed E-state index contributed by atoms with van der Waals surface area (Å²) >= 11 is 0. The lowest BCUT2D eigenvalue weighted by molar-refractivity contribution is -0.137. The smallest absolute Gasteiger partial charge is 0.410 e. The number of fused-ring (bicyclic) bond motifs is 1. The van der Waals surface area contributed by atoms with Crippen molar-refractivity contribution in [3.63, 3.8) is 0 Å². The zero-order valence-corrected chi connectivity index (χ0v) is 15.2. The van der Waals surface area contributed by atoms with Crippen LogP contribution < -0.4 is 4.90 Å². The molecule has 1 aliphatic heterocycles. The number of aromatic hydroxyl groups is 1. The molecule has 0 saturated heterocycles. The molecule has 2 amide bonds. The zero-order chi connectivity index (χ0) is 19.5. The van der Waals surface area contributed by atoms with Gasteiger partial charge < -0.3 is 19.8 Å². The van der Waals surface area contributed by atoms with E-state index < -0.39 is 17.7 Å². The summed E-state index contributed by atoms with van der Waals surface area (Å²) in [5.41, 5.74) is 0.794. The molecular weight excluding hydrogens is 340 g/mol. The molecule has 0 unspecified atom stereocenters. The number of ether oxygens (including phenoxy) is 1. The predicted octanol–water partition coefficient (Wildman–Crippen LogP) is 1.99. The molecular formula is C18H24N2O6. The number of aliphatic carboxylic acids is 1. The number of amides is 2. The maximum absolute atomic E-state index is 12.7. The van der Waals surface area contributed by atoms with Crippen molar-refractivity contribution in [3.8, 4) is 5.75 Å². The molecule has 1 aliphatic rings. The van der Waals surface area contributed by atoms with Crippen molar-refractivity contribution < 1.29 is 29.3 Å². The van der Waals surface area contributed by atoms with Gasteiger partial charge in [-0.15, -0.1) is 0 Å². The highest BCUT2D eigenvalue weighted by Crippen LogP contribution is 2.31. The van der Waals surface area contributed by atoms with E-state index in [2.05, 4.69) is 0 Å².